The first-order chi connectivity index (χ1) is 19.4. The van der Waals surface area contributed by atoms with Gasteiger partial charge in [0.15, 0.2) is 0 Å². The van der Waals surface area contributed by atoms with E-state index in [2.05, 4.69) is 0 Å². The van der Waals surface area contributed by atoms with Gasteiger partial charge in [-0.15, -0.1) is 33.2 Å². The highest BCUT2D eigenvalue weighted by atomic mass is 35.8. The van der Waals surface area contributed by atoms with E-state index in [1.54, 1.807) is 0 Å². The summed E-state index contributed by atoms with van der Waals surface area (Å²) in [4.78, 5) is 10.5. The van der Waals surface area contributed by atoms with E-state index in [9.17, 15) is 4.79 Å². The Bertz CT molecular complexity index is 514. The zero-order chi connectivity index (χ0) is 29.4. The fourth-order valence-corrected chi connectivity index (χ4v) is 7.58. The lowest BCUT2D eigenvalue weighted by atomic mass is 10.0. The van der Waals surface area contributed by atoms with Crippen molar-refractivity contribution in [3.63, 3.8) is 0 Å². The lowest BCUT2D eigenvalue weighted by Crippen LogP contribution is -2.07. The lowest BCUT2D eigenvalue weighted by molar-refractivity contribution is -0.137. The molecule has 2 nitrogen and oxygen atoms in total. The first-order valence-corrected chi connectivity index (χ1v) is 22.9. The number of hydrogen-bond acceptors (Lipinski definition) is 1. The largest absolute Gasteiger partial charge is 0.481 e. The van der Waals surface area contributed by atoms with Crippen LogP contribution in [-0.2, 0) is 4.79 Å². The number of rotatable bonds is 34. The summed E-state index contributed by atoms with van der Waals surface area (Å²) >= 11 is 17.8. The van der Waals surface area contributed by atoms with Crippen molar-refractivity contribution in [3.05, 3.63) is 0 Å². The maximum atomic E-state index is 10.5. The molecule has 0 atom stereocenters. The van der Waals surface area contributed by atoms with E-state index in [0.29, 0.717) is 6.42 Å². The molecule has 0 bridgehead atoms. The summed E-state index contributed by atoms with van der Waals surface area (Å²) in [6.07, 6.45) is 42.5. The van der Waals surface area contributed by atoms with Gasteiger partial charge in [-0.05, 0) is 12.5 Å². The molecule has 0 fully saturated rings. The Labute approximate surface area is 265 Å². The number of unbranched alkanes of at least 4 members (excludes halogenated alkanes) is 30. The summed E-state index contributed by atoms with van der Waals surface area (Å²) in [5.41, 5.74) is 0. The van der Waals surface area contributed by atoms with E-state index >= 15 is 0 Å². The molecule has 0 spiro atoms. The van der Waals surface area contributed by atoms with E-state index < -0.39 is 12.0 Å². The van der Waals surface area contributed by atoms with Gasteiger partial charge >= 0.3 is 12.0 Å². The molecule has 0 aliphatic rings. The standard InChI is InChI=1S/C34H67Cl3O2Si/c35-40(36,37)33-31-29-27-25-23-21-19-17-15-13-11-9-7-5-3-1-2-4-6-8-10-12-14-16-18-20-22-24-26-28-30-32-34(38)39/h1-33H2,(H,38,39). The van der Waals surface area contributed by atoms with Crippen LogP contribution in [0, 0.1) is 0 Å². The highest BCUT2D eigenvalue weighted by molar-refractivity contribution is 7.64. The van der Waals surface area contributed by atoms with Gasteiger partial charge in [0.25, 0.3) is 0 Å². The second kappa shape index (κ2) is 32.5. The van der Waals surface area contributed by atoms with Crippen molar-refractivity contribution in [2.24, 2.45) is 0 Å². The number of carboxylic acid groups (broad SMARTS) is 1. The number of hydrogen-bond donors (Lipinski definition) is 1. The molecular formula is C34H67Cl3O2Si. The molecule has 0 radical (unpaired) electrons. The maximum absolute atomic E-state index is 10.5. The van der Waals surface area contributed by atoms with Gasteiger partial charge < -0.3 is 5.11 Å². The van der Waals surface area contributed by atoms with Gasteiger partial charge in [0, 0.05) is 6.42 Å². The first-order valence-electron chi connectivity index (χ1n) is 17.7. The Morgan fingerprint density at radius 1 is 0.350 bits per heavy atom. The van der Waals surface area contributed by atoms with Gasteiger partial charge in [0.2, 0.25) is 0 Å². The highest BCUT2D eigenvalue weighted by Crippen LogP contribution is 2.27. The SMILES string of the molecule is O=C(O)CCCCCCCCCCCCCCCCCCCCCCCCCCCCCCCCC[Si](Cl)(Cl)Cl. The minimum absolute atomic E-state index is 0.342. The van der Waals surface area contributed by atoms with Crippen molar-refractivity contribution in [1.82, 2.24) is 0 Å². The second-order valence-electron chi connectivity index (χ2n) is 12.5. The van der Waals surface area contributed by atoms with Crippen LogP contribution in [0.15, 0.2) is 0 Å². The second-order valence-corrected chi connectivity index (χ2v) is 21.7. The zero-order valence-electron chi connectivity index (χ0n) is 26.3. The Morgan fingerprint density at radius 2 is 0.525 bits per heavy atom. The third-order valence-corrected chi connectivity index (χ3v) is 11.0. The van der Waals surface area contributed by atoms with Crippen LogP contribution in [-0.4, -0.2) is 17.1 Å². The van der Waals surface area contributed by atoms with E-state index in [0.717, 1.165) is 25.3 Å². The van der Waals surface area contributed by atoms with Crippen LogP contribution in [0.2, 0.25) is 6.04 Å². The van der Waals surface area contributed by atoms with E-state index in [-0.39, 0.29) is 0 Å². The van der Waals surface area contributed by atoms with Crippen LogP contribution in [0.3, 0.4) is 0 Å². The summed E-state index contributed by atoms with van der Waals surface area (Å²) in [6.45, 7) is 0. The number of carboxylic acids is 1. The van der Waals surface area contributed by atoms with Crippen molar-refractivity contribution < 1.29 is 9.90 Å². The van der Waals surface area contributed by atoms with Gasteiger partial charge in [0.05, 0.1) is 0 Å². The van der Waals surface area contributed by atoms with Gasteiger partial charge in [0.1, 0.15) is 0 Å². The molecule has 0 aromatic carbocycles. The molecule has 0 rings (SSSR count). The van der Waals surface area contributed by atoms with Crippen molar-refractivity contribution in [2.75, 3.05) is 0 Å². The molecule has 0 aliphatic carbocycles. The van der Waals surface area contributed by atoms with E-state index in [4.69, 9.17) is 38.3 Å². The Hall–Kier alpha value is 0.557. The van der Waals surface area contributed by atoms with Gasteiger partial charge in [-0.2, -0.15) is 0 Å². The predicted octanol–water partition coefficient (Wildman–Crippen LogP) is 14.2. The molecule has 0 amide bonds. The molecule has 0 unspecified atom stereocenters. The van der Waals surface area contributed by atoms with Crippen molar-refractivity contribution >= 4 is 45.2 Å². The quantitative estimate of drug-likeness (QED) is 0.0431. The Kier molecular flexibility index (Phi) is 32.9. The predicted molar refractivity (Wildman–Crippen MR) is 183 cm³/mol. The molecule has 40 heavy (non-hydrogen) atoms. The third-order valence-electron chi connectivity index (χ3n) is 8.35. The smallest absolute Gasteiger partial charge is 0.341 e. The molecule has 240 valence electrons. The van der Waals surface area contributed by atoms with Crippen LogP contribution < -0.4 is 0 Å². The minimum atomic E-state index is -2.37. The molecule has 0 saturated heterocycles. The molecule has 1 N–H and O–H groups in total. The summed E-state index contributed by atoms with van der Waals surface area (Å²) in [5.74, 6) is -0.652. The van der Waals surface area contributed by atoms with Crippen LogP contribution in [0.5, 0.6) is 0 Å². The van der Waals surface area contributed by atoms with Crippen LogP contribution in [0.25, 0.3) is 0 Å². The zero-order valence-corrected chi connectivity index (χ0v) is 29.6. The van der Waals surface area contributed by atoms with Gasteiger partial charge in [-0.25, -0.2) is 0 Å². The monoisotopic (exact) mass is 640 g/mol. The minimum Gasteiger partial charge on any atom is -0.481 e. The third kappa shape index (κ3) is 38.6. The molecule has 0 aromatic rings. The average Bonchev–Trinajstić information content (AvgIpc) is 2.90. The fourth-order valence-electron chi connectivity index (χ4n) is 5.73. The van der Waals surface area contributed by atoms with Crippen LogP contribution >= 0.6 is 33.2 Å². The van der Waals surface area contributed by atoms with Crippen molar-refractivity contribution in [2.45, 2.75) is 212 Å². The number of aliphatic carboxylic acids is 1. The molecule has 0 saturated carbocycles. The topological polar surface area (TPSA) is 37.3 Å². The Morgan fingerprint density at radius 3 is 0.700 bits per heavy atom. The normalized spacial score (nSPS) is 11.9. The molecular weight excluding hydrogens is 575 g/mol. The fraction of sp³-hybridized carbons (Fsp3) is 0.971. The molecule has 0 heterocycles. The highest BCUT2D eigenvalue weighted by Gasteiger charge is 2.23. The van der Waals surface area contributed by atoms with E-state index in [1.807, 2.05) is 0 Å². The molecule has 0 aliphatic heterocycles. The van der Waals surface area contributed by atoms with Gasteiger partial charge in [-0.3, -0.25) is 4.79 Å². The number of halogens is 3. The van der Waals surface area contributed by atoms with Crippen molar-refractivity contribution in [1.29, 1.82) is 0 Å². The van der Waals surface area contributed by atoms with Crippen LogP contribution in [0.4, 0.5) is 0 Å². The van der Waals surface area contributed by atoms with Crippen molar-refractivity contribution in [3.8, 4) is 0 Å². The number of carbonyl (C=O) groups is 1. The maximum Gasteiger partial charge on any atom is 0.341 e. The first kappa shape index (κ1) is 40.6. The van der Waals surface area contributed by atoms with E-state index in [1.165, 1.54) is 180 Å². The summed E-state index contributed by atoms with van der Waals surface area (Å²) in [5, 5.41) is 8.63. The van der Waals surface area contributed by atoms with Gasteiger partial charge in [-0.1, -0.05) is 193 Å². The molecule has 6 heteroatoms. The average molecular weight is 642 g/mol. The summed E-state index contributed by atoms with van der Waals surface area (Å²) < 4.78 is 0. The summed E-state index contributed by atoms with van der Waals surface area (Å²) in [6, 6.07) is -1.55. The summed E-state index contributed by atoms with van der Waals surface area (Å²) in [7, 11) is 0. The molecule has 0 aromatic heterocycles. The van der Waals surface area contributed by atoms with Crippen LogP contribution in [0.1, 0.15) is 205 Å². The lowest BCUT2D eigenvalue weighted by Gasteiger charge is -2.07. The Balaban J connectivity index is 3.05.